The van der Waals surface area contributed by atoms with E-state index >= 15 is 0 Å². The predicted molar refractivity (Wildman–Crippen MR) is 87.6 cm³/mol. The molecule has 0 saturated carbocycles. The van der Waals surface area contributed by atoms with Crippen LogP contribution in [0.5, 0.6) is 11.5 Å². The predicted octanol–water partition coefficient (Wildman–Crippen LogP) is 2.90. The van der Waals surface area contributed by atoms with E-state index in [1.807, 2.05) is 18.2 Å². The van der Waals surface area contributed by atoms with Gasteiger partial charge in [-0.3, -0.25) is 4.90 Å². The molecule has 0 amide bonds. The molecule has 2 aromatic rings. The van der Waals surface area contributed by atoms with E-state index in [0.29, 0.717) is 0 Å². The summed E-state index contributed by atoms with van der Waals surface area (Å²) in [6, 6.07) is 14.3. The summed E-state index contributed by atoms with van der Waals surface area (Å²) in [6.07, 6.45) is 1.35. The number of nitrogens with zero attached hydrogens (tertiary/aromatic N) is 1. The molecule has 0 fully saturated rings. The van der Waals surface area contributed by atoms with Crippen molar-refractivity contribution in [1.29, 1.82) is 0 Å². The van der Waals surface area contributed by atoms with Gasteiger partial charge in [-0.25, -0.2) is 0 Å². The maximum absolute atomic E-state index is 10.5. The molecule has 1 atom stereocenters. The van der Waals surface area contributed by atoms with Gasteiger partial charge in [-0.05, 0) is 41.7 Å². The summed E-state index contributed by atoms with van der Waals surface area (Å²) in [5, 5.41) is 10.5. The van der Waals surface area contributed by atoms with Crippen molar-refractivity contribution in [3.63, 3.8) is 0 Å². The first kappa shape index (κ1) is 14.5. The summed E-state index contributed by atoms with van der Waals surface area (Å²) in [4.78, 5) is 2.42. The van der Waals surface area contributed by atoms with Crippen LogP contribution in [-0.2, 0) is 13.0 Å². The van der Waals surface area contributed by atoms with Gasteiger partial charge in [-0.2, -0.15) is 0 Å². The molecule has 4 heteroatoms. The number of rotatable bonds is 4. The fraction of sp³-hybridized carbons (Fsp3) is 0.368. The molecule has 0 bridgehead atoms. The molecule has 0 radical (unpaired) electrons. The molecule has 0 aromatic heterocycles. The Morgan fingerprint density at radius 2 is 1.87 bits per heavy atom. The minimum atomic E-state index is -0.471. The zero-order valence-electron chi connectivity index (χ0n) is 13.1. The number of hydrogen-bond acceptors (Lipinski definition) is 4. The lowest BCUT2D eigenvalue weighted by molar-refractivity contribution is 0.137. The van der Waals surface area contributed by atoms with Gasteiger partial charge in [0.2, 0.25) is 6.79 Å². The van der Waals surface area contributed by atoms with Crippen LogP contribution < -0.4 is 9.47 Å². The van der Waals surface area contributed by atoms with Crippen LogP contribution in [0.4, 0.5) is 0 Å². The van der Waals surface area contributed by atoms with Crippen LogP contribution in [0.25, 0.3) is 0 Å². The summed E-state index contributed by atoms with van der Waals surface area (Å²) >= 11 is 0. The summed E-state index contributed by atoms with van der Waals surface area (Å²) in [6.45, 7) is 3.20. The van der Waals surface area contributed by atoms with E-state index in [4.69, 9.17) is 9.47 Å². The minimum absolute atomic E-state index is 0.266. The third-order valence-electron chi connectivity index (χ3n) is 4.71. The second kappa shape index (κ2) is 6.22. The maximum atomic E-state index is 10.5. The van der Waals surface area contributed by atoms with Crippen molar-refractivity contribution >= 4 is 0 Å². The number of aliphatic hydroxyl groups excluding tert-OH is 1. The fourth-order valence-electron chi connectivity index (χ4n) is 3.34. The van der Waals surface area contributed by atoms with Crippen molar-refractivity contribution < 1.29 is 14.6 Å². The van der Waals surface area contributed by atoms with Crippen LogP contribution in [0.3, 0.4) is 0 Å². The first-order chi connectivity index (χ1) is 11.3. The Labute approximate surface area is 136 Å². The highest BCUT2D eigenvalue weighted by Crippen LogP contribution is 2.34. The van der Waals surface area contributed by atoms with Crippen LogP contribution in [-0.4, -0.2) is 29.9 Å². The Morgan fingerprint density at radius 1 is 1.04 bits per heavy atom. The van der Waals surface area contributed by atoms with Crippen LogP contribution in [0.1, 0.15) is 29.2 Å². The molecule has 1 N–H and O–H groups in total. The molecular formula is C19H21NO3. The molecule has 0 aliphatic carbocycles. The highest BCUT2D eigenvalue weighted by molar-refractivity contribution is 5.45. The number of fused-ring (bicyclic) bond motifs is 2. The van der Waals surface area contributed by atoms with E-state index in [9.17, 15) is 5.11 Å². The molecule has 23 heavy (non-hydrogen) atoms. The van der Waals surface area contributed by atoms with Gasteiger partial charge in [0.1, 0.15) is 0 Å². The molecule has 120 valence electrons. The van der Waals surface area contributed by atoms with Crippen molar-refractivity contribution in [1.82, 2.24) is 4.90 Å². The number of hydrogen-bond donors (Lipinski definition) is 1. The zero-order valence-corrected chi connectivity index (χ0v) is 13.1. The Kier molecular flexibility index (Phi) is 3.93. The number of ether oxygens (including phenoxy) is 2. The normalized spacial score (nSPS) is 17.8. The van der Waals surface area contributed by atoms with E-state index < -0.39 is 6.10 Å². The summed E-state index contributed by atoms with van der Waals surface area (Å²) in [5.41, 5.74) is 3.77. The van der Waals surface area contributed by atoms with E-state index in [-0.39, 0.29) is 6.79 Å². The second-order valence-electron chi connectivity index (χ2n) is 6.21. The third-order valence-corrected chi connectivity index (χ3v) is 4.71. The quantitative estimate of drug-likeness (QED) is 0.943. The maximum Gasteiger partial charge on any atom is 0.231 e. The molecule has 2 aliphatic rings. The van der Waals surface area contributed by atoms with Gasteiger partial charge >= 0.3 is 0 Å². The number of aliphatic hydroxyl groups is 1. The third kappa shape index (κ3) is 3.05. The summed E-state index contributed by atoms with van der Waals surface area (Å²) in [5.74, 6) is 1.49. The van der Waals surface area contributed by atoms with E-state index in [2.05, 4.69) is 29.2 Å². The van der Waals surface area contributed by atoms with E-state index in [1.165, 1.54) is 11.1 Å². The summed E-state index contributed by atoms with van der Waals surface area (Å²) < 4.78 is 10.7. The smallest absolute Gasteiger partial charge is 0.231 e. The van der Waals surface area contributed by atoms with Crippen LogP contribution >= 0.6 is 0 Å². The monoisotopic (exact) mass is 311 g/mol. The molecule has 2 heterocycles. The van der Waals surface area contributed by atoms with Crippen LogP contribution in [0.2, 0.25) is 0 Å². The Hall–Kier alpha value is -2.04. The van der Waals surface area contributed by atoms with Gasteiger partial charge in [-0.15, -0.1) is 0 Å². The lowest BCUT2D eigenvalue weighted by Crippen LogP contribution is -2.32. The molecule has 0 spiro atoms. The van der Waals surface area contributed by atoms with Gasteiger partial charge in [0.25, 0.3) is 0 Å². The first-order valence-corrected chi connectivity index (χ1v) is 8.16. The van der Waals surface area contributed by atoms with Crippen molar-refractivity contribution in [2.45, 2.75) is 25.5 Å². The lowest BCUT2D eigenvalue weighted by Gasteiger charge is -2.29. The topological polar surface area (TPSA) is 41.9 Å². The SMILES string of the molecule is OC(CCN1CCc2ccccc2C1)c1ccc2c(c1)OCO2. The number of benzene rings is 2. The Morgan fingerprint density at radius 3 is 2.78 bits per heavy atom. The molecular weight excluding hydrogens is 290 g/mol. The second-order valence-corrected chi connectivity index (χ2v) is 6.21. The molecule has 4 rings (SSSR count). The van der Waals surface area contributed by atoms with Crippen LogP contribution in [0.15, 0.2) is 42.5 Å². The molecule has 4 nitrogen and oxygen atoms in total. The standard InChI is InChI=1S/C19H21NO3/c21-17(15-5-6-18-19(11-15)23-13-22-18)8-10-20-9-7-14-3-1-2-4-16(14)12-20/h1-6,11,17,21H,7-10,12-13H2. The zero-order chi connectivity index (χ0) is 15.6. The van der Waals surface area contributed by atoms with Gasteiger partial charge < -0.3 is 14.6 Å². The molecule has 1 unspecified atom stereocenters. The van der Waals surface area contributed by atoms with Crippen molar-refractivity contribution in [2.24, 2.45) is 0 Å². The average molecular weight is 311 g/mol. The Bertz CT molecular complexity index is 701. The van der Waals surface area contributed by atoms with Crippen molar-refractivity contribution in [3.05, 3.63) is 59.2 Å². The molecule has 2 aliphatic heterocycles. The Balaban J connectivity index is 1.36. The van der Waals surface area contributed by atoms with Gasteiger partial charge in [0.15, 0.2) is 11.5 Å². The van der Waals surface area contributed by atoms with Crippen molar-refractivity contribution in [2.75, 3.05) is 19.9 Å². The van der Waals surface area contributed by atoms with Gasteiger partial charge in [0.05, 0.1) is 6.10 Å². The molecule has 0 saturated heterocycles. The van der Waals surface area contributed by atoms with Gasteiger partial charge in [0, 0.05) is 19.6 Å². The van der Waals surface area contributed by atoms with Gasteiger partial charge in [-0.1, -0.05) is 30.3 Å². The average Bonchev–Trinajstić information content (AvgIpc) is 3.07. The highest BCUT2D eigenvalue weighted by Gasteiger charge is 2.19. The minimum Gasteiger partial charge on any atom is -0.454 e. The van der Waals surface area contributed by atoms with E-state index in [0.717, 1.165) is 49.5 Å². The van der Waals surface area contributed by atoms with Crippen LogP contribution in [0, 0.1) is 0 Å². The molecule has 2 aromatic carbocycles. The first-order valence-electron chi connectivity index (χ1n) is 8.16. The largest absolute Gasteiger partial charge is 0.454 e. The van der Waals surface area contributed by atoms with E-state index in [1.54, 1.807) is 0 Å². The highest BCUT2D eigenvalue weighted by atomic mass is 16.7. The fourth-order valence-corrected chi connectivity index (χ4v) is 3.34. The summed E-state index contributed by atoms with van der Waals surface area (Å²) in [7, 11) is 0. The lowest BCUT2D eigenvalue weighted by atomic mass is 9.99. The van der Waals surface area contributed by atoms with Crippen molar-refractivity contribution in [3.8, 4) is 11.5 Å².